The van der Waals surface area contributed by atoms with E-state index in [1.807, 2.05) is 0 Å². The van der Waals surface area contributed by atoms with Crippen LogP contribution in [0.25, 0.3) is 0 Å². The molecule has 0 amide bonds. The zero-order chi connectivity index (χ0) is 14.7. The van der Waals surface area contributed by atoms with E-state index in [2.05, 4.69) is 35.3 Å². The van der Waals surface area contributed by atoms with Crippen LogP contribution in [-0.4, -0.2) is 33.4 Å². The highest BCUT2D eigenvalue weighted by Gasteiger charge is 2.36. The third-order valence-corrected chi connectivity index (χ3v) is 5.10. The van der Waals surface area contributed by atoms with Crippen LogP contribution in [0.4, 0.5) is 5.69 Å². The summed E-state index contributed by atoms with van der Waals surface area (Å²) in [5.74, 6) is 1.89. The number of fused-ring (bicyclic) bond motifs is 1. The Morgan fingerprint density at radius 3 is 2.71 bits per heavy atom. The summed E-state index contributed by atoms with van der Waals surface area (Å²) in [4.78, 5) is 2.63. The van der Waals surface area contributed by atoms with E-state index in [1.54, 1.807) is 7.11 Å². The van der Waals surface area contributed by atoms with Crippen LogP contribution >= 0.6 is 0 Å². The van der Waals surface area contributed by atoms with Crippen LogP contribution in [0.15, 0.2) is 18.2 Å². The van der Waals surface area contributed by atoms with Crippen LogP contribution in [0.1, 0.15) is 30.4 Å². The van der Waals surface area contributed by atoms with Crippen molar-refractivity contribution < 1.29 is 4.74 Å². The van der Waals surface area contributed by atoms with Crippen LogP contribution in [0.2, 0.25) is 0 Å². The van der Waals surface area contributed by atoms with Gasteiger partial charge in [0.2, 0.25) is 0 Å². The lowest BCUT2D eigenvalue weighted by Crippen LogP contribution is -2.25. The van der Waals surface area contributed by atoms with Crippen molar-refractivity contribution in [3.63, 3.8) is 0 Å². The fourth-order valence-electron chi connectivity index (χ4n) is 3.99. The van der Waals surface area contributed by atoms with Crippen LogP contribution in [-0.2, 0) is 11.3 Å². The normalized spacial score (nSPS) is 24.6. The Morgan fingerprint density at radius 1 is 1.24 bits per heavy atom. The van der Waals surface area contributed by atoms with Gasteiger partial charge in [-0.1, -0.05) is 24.1 Å². The summed E-state index contributed by atoms with van der Waals surface area (Å²) in [6.45, 7) is 7.33. The van der Waals surface area contributed by atoms with E-state index in [9.17, 15) is 0 Å². The zero-order valence-corrected chi connectivity index (χ0v) is 13.4. The van der Waals surface area contributed by atoms with E-state index < -0.39 is 0 Å². The zero-order valence-electron chi connectivity index (χ0n) is 13.4. The Kier molecular flexibility index (Phi) is 4.81. The van der Waals surface area contributed by atoms with Crippen molar-refractivity contribution in [2.45, 2.75) is 32.7 Å². The Hall–Kier alpha value is -1.06. The Morgan fingerprint density at radius 2 is 2.00 bits per heavy atom. The first-order valence-corrected chi connectivity index (χ1v) is 8.32. The third kappa shape index (κ3) is 3.41. The van der Waals surface area contributed by atoms with Crippen LogP contribution in [0.3, 0.4) is 0 Å². The molecule has 21 heavy (non-hydrogen) atoms. The highest BCUT2D eigenvalue weighted by Crippen LogP contribution is 2.40. The maximum absolute atomic E-state index is 5.11. The lowest BCUT2D eigenvalue weighted by Gasteiger charge is -2.23. The first kappa shape index (κ1) is 14.9. The van der Waals surface area contributed by atoms with Crippen molar-refractivity contribution in [2.24, 2.45) is 11.8 Å². The van der Waals surface area contributed by atoms with E-state index in [4.69, 9.17) is 4.74 Å². The standard InChI is InChI=1S/C18H28N2O/c1-14-6-7-18(17(10-14)11-19-8-9-21-2)20-12-15-4-3-5-16(15)13-20/h6-7,10,15-16,19H,3-5,8-9,11-13H2,1-2H3. The summed E-state index contributed by atoms with van der Waals surface area (Å²) in [6.07, 6.45) is 4.32. The van der Waals surface area contributed by atoms with Crippen molar-refractivity contribution >= 4 is 5.69 Å². The highest BCUT2D eigenvalue weighted by molar-refractivity contribution is 5.56. The summed E-state index contributed by atoms with van der Waals surface area (Å²) in [5.41, 5.74) is 4.23. The van der Waals surface area contributed by atoms with Gasteiger partial charge in [-0.3, -0.25) is 0 Å². The number of methoxy groups -OCH3 is 1. The summed E-state index contributed by atoms with van der Waals surface area (Å²) in [5, 5.41) is 3.49. The van der Waals surface area contributed by atoms with Gasteiger partial charge in [-0.2, -0.15) is 0 Å². The molecule has 0 bridgehead atoms. The Bertz CT molecular complexity index is 462. The van der Waals surface area contributed by atoms with Crippen LogP contribution in [0.5, 0.6) is 0 Å². The number of hydrogen-bond donors (Lipinski definition) is 1. The molecule has 1 saturated carbocycles. The van der Waals surface area contributed by atoms with Gasteiger partial charge in [0.05, 0.1) is 6.61 Å². The van der Waals surface area contributed by atoms with Crippen molar-refractivity contribution in [3.8, 4) is 0 Å². The monoisotopic (exact) mass is 288 g/mol. The molecule has 0 aromatic heterocycles. The van der Waals surface area contributed by atoms with Gasteiger partial charge < -0.3 is 15.0 Å². The molecule has 2 aliphatic rings. The average molecular weight is 288 g/mol. The first-order chi connectivity index (χ1) is 10.3. The van der Waals surface area contributed by atoms with E-state index in [-0.39, 0.29) is 0 Å². The Labute approximate surface area is 128 Å². The van der Waals surface area contributed by atoms with Gasteiger partial charge >= 0.3 is 0 Å². The number of nitrogens with zero attached hydrogens (tertiary/aromatic N) is 1. The minimum Gasteiger partial charge on any atom is -0.383 e. The first-order valence-electron chi connectivity index (χ1n) is 8.32. The maximum Gasteiger partial charge on any atom is 0.0587 e. The molecule has 2 fully saturated rings. The number of rotatable bonds is 6. The Balaban J connectivity index is 1.69. The number of nitrogens with one attached hydrogen (secondary N) is 1. The number of hydrogen-bond acceptors (Lipinski definition) is 3. The fraction of sp³-hybridized carbons (Fsp3) is 0.667. The topological polar surface area (TPSA) is 24.5 Å². The molecule has 1 aliphatic carbocycles. The van der Waals surface area contributed by atoms with E-state index >= 15 is 0 Å². The van der Waals surface area contributed by atoms with Gasteiger partial charge in [-0.25, -0.2) is 0 Å². The molecular weight excluding hydrogens is 260 g/mol. The molecule has 3 nitrogen and oxygen atoms in total. The second kappa shape index (κ2) is 6.80. The smallest absolute Gasteiger partial charge is 0.0587 e. The molecule has 2 unspecified atom stereocenters. The van der Waals surface area contributed by atoms with Crippen molar-refractivity contribution in [1.29, 1.82) is 0 Å². The van der Waals surface area contributed by atoms with Gasteiger partial charge in [-0.05, 0) is 43.2 Å². The average Bonchev–Trinajstić information content (AvgIpc) is 3.05. The number of aryl methyl sites for hydroxylation is 1. The van der Waals surface area contributed by atoms with Gasteiger partial charge in [0.15, 0.2) is 0 Å². The summed E-state index contributed by atoms with van der Waals surface area (Å²) in [7, 11) is 1.75. The lowest BCUT2D eigenvalue weighted by molar-refractivity contribution is 0.199. The third-order valence-electron chi connectivity index (χ3n) is 5.10. The fourth-order valence-corrected chi connectivity index (χ4v) is 3.99. The second-order valence-corrected chi connectivity index (χ2v) is 6.66. The molecule has 1 heterocycles. The van der Waals surface area contributed by atoms with Crippen LogP contribution in [0, 0.1) is 18.8 Å². The van der Waals surface area contributed by atoms with E-state index in [1.165, 1.54) is 49.2 Å². The summed E-state index contributed by atoms with van der Waals surface area (Å²) in [6, 6.07) is 6.91. The molecule has 1 aromatic carbocycles. The van der Waals surface area contributed by atoms with Gasteiger partial charge in [-0.15, -0.1) is 0 Å². The minimum absolute atomic E-state index is 0.773. The molecule has 1 aromatic rings. The summed E-state index contributed by atoms with van der Waals surface area (Å²) < 4.78 is 5.11. The molecule has 1 N–H and O–H groups in total. The van der Waals surface area contributed by atoms with Gasteiger partial charge in [0, 0.05) is 39.0 Å². The van der Waals surface area contributed by atoms with Gasteiger partial charge in [0.25, 0.3) is 0 Å². The van der Waals surface area contributed by atoms with Crippen molar-refractivity contribution in [3.05, 3.63) is 29.3 Å². The largest absolute Gasteiger partial charge is 0.383 e. The highest BCUT2D eigenvalue weighted by atomic mass is 16.5. The molecular formula is C18H28N2O. The number of benzene rings is 1. The molecule has 3 heteroatoms. The molecule has 116 valence electrons. The van der Waals surface area contributed by atoms with E-state index in [0.717, 1.165) is 31.5 Å². The van der Waals surface area contributed by atoms with Crippen LogP contribution < -0.4 is 10.2 Å². The molecule has 0 spiro atoms. The maximum atomic E-state index is 5.11. The molecule has 2 atom stereocenters. The number of anilines is 1. The molecule has 1 saturated heterocycles. The van der Waals surface area contributed by atoms with Crippen molar-refractivity contribution in [2.75, 3.05) is 38.3 Å². The quantitative estimate of drug-likeness (QED) is 0.815. The predicted octanol–water partition coefficient (Wildman–Crippen LogP) is 2.97. The second-order valence-electron chi connectivity index (χ2n) is 6.66. The number of ether oxygens (including phenoxy) is 1. The summed E-state index contributed by atoms with van der Waals surface area (Å²) >= 11 is 0. The van der Waals surface area contributed by atoms with Gasteiger partial charge in [0.1, 0.15) is 0 Å². The molecule has 0 radical (unpaired) electrons. The van der Waals surface area contributed by atoms with E-state index in [0.29, 0.717) is 0 Å². The minimum atomic E-state index is 0.773. The lowest BCUT2D eigenvalue weighted by atomic mass is 10.0. The molecule has 3 rings (SSSR count). The molecule has 1 aliphatic heterocycles. The predicted molar refractivity (Wildman–Crippen MR) is 87.8 cm³/mol. The SMILES string of the molecule is COCCNCc1cc(C)ccc1N1CC2CCCC2C1. The van der Waals surface area contributed by atoms with Crippen molar-refractivity contribution in [1.82, 2.24) is 5.32 Å².